The molecule has 0 unspecified atom stereocenters. The van der Waals surface area contributed by atoms with E-state index in [9.17, 15) is 14.5 Å². The minimum Gasteiger partial charge on any atom is -0.379 e. The Morgan fingerprint density at radius 2 is 2.14 bits per heavy atom. The number of nitrogens with one attached hydrogen (secondary N) is 1. The van der Waals surface area contributed by atoms with Crippen LogP contribution in [0.4, 0.5) is 15.8 Å². The van der Waals surface area contributed by atoms with Crippen LogP contribution in [0.25, 0.3) is 0 Å². The second-order valence-electron chi connectivity index (χ2n) is 4.48. The number of nitriles is 1. The van der Waals surface area contributed by atoms with Crippen LogP contribution in [0, 0.1) is 34.2 Å². The van der Waals surface area contributed by atoms with Crippen molar-refractivity contribution < 1.29 is 9.31 Å². The highest BCUT2D eigenvalue weighted by molar-refractivity contribution is 5.51. The van der Waals surface area contributed by atoms with Crippen LogP contribution in [0.5, 0.6) is 0 Å². The molecule has 0 atom stereocenters. The van der Waals surface area contributed by atoms with E-state index < -0.39 is 10.7 Å². The zero-order valence-electron chi connectivity index (χ0n) is 11.3. The van der Waals surface area contributed by atoms with Crippen LogP contribution in [0.1, 0.15) is 16.7 Å². The van der Waals surface area contributed by atoms with Crippen LogP contribution in [0.2, 0.25) is 0 Å². The summed E-state index contributed by atoms with van der Waals surface area (Å²) in [5, 5.41) is 22.4. The summed E-state index contributed by atoms with van der Waals surface area (Å²) in [5.74, 6) is -0.530. The fourth-order valence-corrected chi connectivity index (χ4v) is 1.98. The molecule has 2 aromatic rings. The molecule has 106 valence electrons. The van der Waals surface area contributed by atoms with Gasteiger partial charge in [-0.05, 0) is 30.7 Å². The van der Waals surface area contributed by atoms with Crippen molar-refractivity contribution in [1.29, 1.82) is 5.26 Å². The number of hydrogen-bond acceptors (Lipinski definition) is 4. The number of nitro groups is 1. The predicted octanol–water partition coefficient (Wildman–Crippen LogP) is 3.53. The van der Waals surface area contributed by atoms with Crippen molar-refractivity contribution in [3.63, 3.8) is 0 Å². The molecule has 0 aliphatic rings. The second-order valence-corrected chi connectivity index (χ2v) is 4.48. The number of halogens is 1. The van der Waals surface area contributed by atoms with E-state index in [0.717, 1.165) is 6.07 Å². The van der Waals surface area contributed by atoms with Crippen molar-refractivity contribution in [2.24, 2.45) is 0 Å². The van der Waals surface area contributed by atoms with Gasteiger partial charge in [-0.25, -0.2) is 4.39 Å². The molecule has 0 radical (unpaired) electrons. The molecule has 5 nitrogen and oxygen atoms in total. The minimum absolute atomic E-state index is 0.0367. The topological polar surface area (TPSA) is 79.0 Å². The van der Waals surface area contributed by atoms with Crippen LogP contribution in [0.3, 0.4) is 0 Å². The molecule has 0 spiro atoms. The Hall–Kier alpha value is -2.94. The van der Waals surface area contributed by atoms with Crippen LogP contribution in [-0.4, -0.2) is 4.92 Å². The van der Waals surface area contributed by atoms with Crippen molar-refractivity contribution >= 4 is 11.4 Å². The summed E-state index contributed by atoms with van der Waals surface area (Å²) in [6, 6.07) is 10.7. The van der Waals surface area contributed by atoms with E-state index in [4.69, 9.17) is 5.26 Å². The standard InChI is InChI=1S/C15H12FN3O2/c1-10-12(3-2-4-15(10)19(20)21)9-18-14-6-5-11(8-17)7-13(14)16/h2-7,18H,9H2,1H3. The average Bonchev–Trinajstić information content (AvgIpc) is 2.46. The fourth-order valence-electron chi connectivity index (χ4n) is 1.98. The van der Waals surface area contributed by atoms with Crippen LogP contribution in [0.15, 0.2) is 36.4 Å². The lowest BCUT2D eigenvalue weighted by Gasteiger charge is -2.10. The van der Waals surface area contributed by atoms with Crippen molar-refractivity contribution in [2.75, 3.05) is 5.32 Å². The quantitative estimate of drug-likeness (QED) is 0.688. The van der Waals surface area contributed by atoms with Gasteiger partial charge in [0.15, 0.2) is 0 Å². The zero-order valence-corrected chi connectivity index (χ0v) is 11.3. The average molecular weight is 285 g/mol. The largest absolute Gasteiger partial charge is 0.379 e. The van der Waals surface area contributed by atoms with E-state index in [0.29, 0.717) is 11.1 Å². The lowest BCUT2D eigenvalue weighted by Crippen LogP contribution is -2.04. The van der Waals surface area contributed by atoms with Gasteiger partial charge in [-0.1, -0.05) is 12.1 Å². The molecule has 0 bridgehead atoms. The Bertz CT molecular complexity index is 738. The Labute approximate surface area is 120 Å². The van der Waals surface area contributed by atoms with Crippen molar-refractivity contribution in [2.45, 2.75) is 13.5 Å². The minimum atomic E-state index is -0.530. The molecule has 0 aliphatic heterocycles. The van der Waals surface area contributed by atoms with Crippen molar-refractivity contribution in [3.8, 4) is 6.07 Å². The van der Waals surface area contributed by atoms with Gasteiger partial charge in [0.25, 0.3) is 5.69 Å². The number of anilines is 1. The molecule has 0 saturated carbocycles. The number of rotatable bonds is 4. The SMILES string of the molecule is Cc1c(CNc2ccc(C#N)cc2F)cccc1[N+](=O)[O-]. The number of nitro benzene ring substituents is 1. The van der Waals surface area contributed by atoms with E-state index in [1.165, 1.54) is 18.2 Å². The van der Waals surface area contributed by atoms with Gasteiger partial charge in [0, 0.05) is 18.2 Å². The molecule has 2 rings (SSSR count). The first-order valence-electron chi connectivity index (χ1n) is 6.19. The summed E-state index contributed by atoms with van der Waals surface area (Å²) in [6.07, 6.45) is 0. The normalized spacial score (nSPS) is 9.95. The third-order valence-electron chi connectivity index (χ3n) is 3.18. The molecule has 21 heavy (non-hydrogen) atoms. The van der Waals surface area contributed by atoms with Gasteiger partial charge in [-0.3, -0.25) is 10.1 Å². The molecule has 0 saturated heterocycles. The molecular formula is C15H12FN3O2. The number of nitrogens with zero attached hydrogens (tertiary/aromatic N) is 2. The van der Waals surface area contributed by atoms with Gasteiger partial charge >= 0.3 is 0 Å². The van der Waals surface area contributed by atoms with Crippen LogP contribution < -0.4 is 5.32 Å². The summed E-state index contributed by atoms with van der Waals surface area (Å²) in [6.45, 7) is 1.92. The van der Waals surface area contributed by atoms with Crippen LogP contribution in [-0.2, 0) is 6.54 Å². The lowest BCUT2D eigenvalue weighted by atomic mass is 10.1. The molecule has 6 heteroatoms. The van der Waals surface area contributed by atoms with Gasteiger partial charge in [0.1, 0.15) is 5.82 Å². The fraction of sp³-hybridized carbons (Fsp3) is 0.133. The van der Waals surface area contributed by atoms with E-state index in [1.54, 1.807) is 19.1 Å². The lowest BCUT2D eigenvalue weighted by molar-refractivity contribution is -0.385. The first-order valence-corrected chi connectivity index (χ1v) is 6.19. The molecule has 0 fully saturated rings. The van der Waals surface area contributed by atoms with E-state index in [2.05, 4.69) is 5.32 Å². The summed E-state index contributed by atoms with van der Waals surface area (Å²) in [4.78, 5) is 10.4. The van der Waals surface area contributed by atoms with E-state index >= 15 is 0 Å². The maximum atomic E-state index is 13.7. The van der Waals surface area contributed by atoms with Gasteiger partial charge in [0.05, 0.1) is 22.2 Å². The third-order valence-corrected chi connectivity index (χ3v) is 3.18. The highest BCUT2D eigenvalue weighted by Crippen LogP contribution is 2.23. The summed E-state index contributed by atoms with van der Waals surface area (Å²) in [7, 11) is 0. The molecule has 0 amide bonds. The summed E-state index contributed by atoms with van der Waals surface area (Å²) >= 11 is 0. The van der Waals surface area contributed by atoms with Gasteiger partial charge in [0.2, 0.25) is 0 Å². The summed E-state index contributed by atoms with van der Waals surface area (Å²) in [5.41, 5.74) is 1.79. The molecule has 1 N–H and O–H groups in total. The highest BCUT2D eigenvalue weighted by Gasteiger charge is 2.13. The maximum Gasteiger partial charge on any atom is 0.272 e. The summed E-state index contributed by atoms with van der Waals surface area (Å²) < 4.78 is 13.7. The van der Waals surface area contributed by atoms with E-state index in [-0.39, 0.29) is 23.5 Å². The van der Waals surface area contributed by atoms with Crippen molar-refractivity contribution in [1.82, 2.24) is 0 Å². The first kappa shape index (κ1) is 14.5. The Balaban J connectivity index is 2.19. The number of benzene rings is 2. The monoisotopic (exact) mass is 285 g/mol. The third kappa shape index (κ3) is 3.15. The number of hydrogen-bond donors (Lipinski definition) is 1. The van der Waals surface area contributed by atoms with Gasteiger partial charge < -0.3 is 5.32 Å². The molecular weight excluding hydrogens is 273 g/mol. The van der Waals surface area contributed by atoms with Crippen molar-refractivity contribution in [3.05, 3.63) is 69.0 Å². The predicted molar refractivity (Wildman–Crippen MR) is 76.3 cm³/mol. The molecule has 2 aromatic carbocycles. The highest BCUT2D eigenvalue weighted by atomic mass is 19.1. The molecule has 0 heterocycles. The maximum absolute atomic E-state index is 13.7. The Morgan fingerprint density at radius 1 is 1.38 bits per heavy atom. The van der Waals surface area contributed by atoms with E-state index in [1.807, 2.05) is 6.07 Å². The van der Waals surface area contributed by atoms with Crippen LogP contribution >= 0.6 is 0 Å². The smallest absolute Gasteiger partial charge is 0.272 e. The molecule has 0 aliphatic carbocycles. The Morgan fingerprint density at radius 3 is 2.76 bits per heavy atom. The second kappa shape index (κ2) is 6.01. The Kier molecular flexibility index (Phi) is 4.14. The van der Waals surface area contributed by atoms with Gasteiger partial charge in [-0.15, -0.1) is 0 Å². The zero-order chi connectivity index (χ0) is 15.4. The molecule has 0 aromatic heterocycles. The first-order chi connectivity index (χ1) is 10.0. The van der Waals surface area contributed by atoms with Gasteiger partial charge in [-0.2, -0.15) is 5.26 Å².